The number of nitrogen functional groups attached to an aromatic ring is 1. The zero-order chi connectivity index (χ0) is 9.26. The van der Waals surface area contributed by atoms with Crippen molar-refractivity contribution in [2.75, 3.05) is 12.8 Å². The zero-order valence-electron chi connectivity index (χ0n) is 7.11. The minimum atomic E-state index is 0.353. The average molecular weight is 179 g/mol. The number of nitrogens with zero attached hydrogens (tertiary/aromatic N) is 3. The summed E-state index contributed by atoms with van der Waals surface area (Å²) in [5.41, 5.74) is 7.03. The second-order valence-corrected chi connectivity index (χ2v) is 2.59. The van der Waals surface area contributed by atoms with Crippen LogP contribution in [0.2, 0.25) is 0 Å². The molecule has 68 valence electrons. The number of ether oxygens (including phenoxy) is 1. The number of anilines is 1. The van der Waals surface area contributed by atoms with E-state index in [4.69, 9.17) is 10.5 Å². The molecule has 0 fully saturated rings. The maximum Gasteiger partial charge on any atom is 0.157 e. The van der Waals surface area contributed by atoms with Crippen LogP contribution >= 0.6 is 0 Å². The van der Waals surface area contributed by atoms with E-state index in [9.17, 15) is 0 Å². The maximum absolute atomic E-state index is 5.65. The Hall–Kier alpha value is -1.69. The van der Waals surface area contributed by atoms with Gasteiger partial charge in [-0.05, 0) is 0 Å². The Bertz CT molecular complexity index is 424. The van der Waals surface area contributed by atoms with Crippen LogP contribution in [0.5, 0.6) is 0 Å². The second-order valence-electron chi connectivity index (χ2n) is 2.59. The van der Waals surface area contributed by atoms with Gasteiger partial charge in [-0.3, -0.25) is 5.10 Å². The second kappa shape index (κ2) is 2.98. The molecule has 0 spiro atoms. The maximum atomic E-state index is 5.65. The van der Waals surface area contributed by atoms with Crippen molar-refractivity contribution in [2.24, 2.45) is 0 Å². The summed E-state index contributed by atoms with van der Waals surface area (Å²) >= 11 is 0. The van der Waals surface area contributed by atoms with Crippen molar-refractivity contribution in [1.29, 1.82) is 0 Å². The van der Waals surface area contributed by atoms with E-state index in [1.54, 1.807) is 13.3 Å². The van der Waals surface area contributed by atoms with Gasteiger partial charge < -0.3 is 10.5 Å². The first-order valence-electron chi connectivity index (χ1n) is 3.75. The van der Waals surface area contributed by atoms with Gasteiger partial charge in [-0.2, -0.15) is 5.10 Å². The minimum absolute atomic E-state index is 0.353. The van der Waals surface area contributed by atoms with E-state index < -0.39 is 0 Å². The minimum Gasteiger partial charge on any atom is -0.382 e. The summed E-state index contributed by atoms with van der Waals surface area (Å²) in [6.45, 7) is 0.353. The number of nitrogens with two attached hydrogens (primary N) is 1. The third-order valence-corrected chi connectivity index (χ3v) is 1.65. The van der Waals surface area contributed by atoms with Crippen molar-refractivity contribution < 1.29 is 4.74 Å². The molecule has 2 aromatic heterocycles. The van der Waals surface area contributed by atoms with Crippen molar-refractivity contribution in [3.8, 4) is 0 Å². The highest BCUT2D eigenvalue weighted by molar-refractivity contribution is 5.83. The lowest BCUT2D eigenvalue weighted by molar-refractivity contribution is 0.178. The van der Waals surface area contributed by atoms with E-state index in [-0.39, 0.29) is 0 Å². The molecule has 0 bridgehead atoms. The molecule has 0 aliphatic carbocycles. The van der Waals surface area contributed by atoms with Gasteiger partial charge in [0.2, 0.25) is 0 Å². The molecule has 0 atom stereocenters. The summed E-state index contributed by atoms with van der Waals surface area (Å²) in [6, 6.07) is 0. The first-order valence-corrected chi connectivity index (χ1v) is 3.75. The molecule has 0 radical (unpaired) electrons. The number of hydrogen-bond acceptors (Lipinski definition) is 5. The third-order valence-electron chi connectivity index (χ3n) is 1.65. The number of rotatable bonds is 2. The predicted molar refractivity (Wildman–Crippen MR) is 46.8 cm³/mol. The molecule has 2 aromatic rings. The summed E-state index contributed by atoms with van der Waals surface area (Å²) in [7, 11) is 1.58. The molecule has 0 saturated carbocycles. The van der Waals surface area contributed by atoms with Gasteiger partial charge in [-0.15, -0.1) is 0 Å². The van der Waals surface area contributed by atoms with E-state index in [2.05, 4.69) is 20.2 Å². The normalized spacial score (nSPS) is 10.8. The summed E-state index contributed by atoms with van der Waals surface area (Å²) in [6.07, 6.45) is 1.60. The lowest BCUT2D eigenvalue weighted by Gasteiger charge is -1.99. The lowest BCUT2D eigenvalue weighted by Crippen LogP contribution is -2.01. The molecule has 13 heavy (non-hydrogen) atoms. The van der Waals surface area contributed by atoms with E-state index in [0.29, 0.717) is 29.3 Å². The summed E-state index contributed by atoms with van der Waals surface area (Å²) < 4.78 is 4.90. The van der Waals surface area contributed by atoms with Crippen LogP contribution in [0, 0.1) is 0 Å². The standard InChI is InChI=1S/C7H9N5O/c1-13-3-5-10-4-2-9-12-6(4)7(8)11-5/h2H,3H2,1H3,(H,9,12)(H2,8,10,11). The Kier molecular flexibility index (Phi) is 1.82. The fourth-order valence-electron chi connectivity index (χ4n) is 1.11. The monoisotopic (exact) mass is 179 g/mol. The van der Waals surface area contributed by atoms with Crippen molar-refractivity contribution in [3.63, 3.8) is 0 Å². The molecule has 0 unspecified atom stereocenters. The number of methoxy groups -OCH3 is 1. The summed E-state index contributed by atoms with van der Waals surface area (Å²) in [4.78, 5) is 8.21. The van der Waals surface area contributed by atoms with Gasteiger partial charge in [-0.25, -0.2) is 9.97 Å². The van der Waals surface area contributed by atoms with Crippen LogP contribution in [-0.2, 0) is 11.3 Å². The van der Waals surface area contributed by atoms with Gasteiger partial charge in [0.25, 0.3) is 0 Å². The Morgan fingerprint density at radius 3 is 3.15 bits per heavy atom. The Morgan fingerprint density at radius 1 is 1.54 bits per heavy atom. The fraction of sp³-hybridized carbons (Fsp3) is 0.286. The first-order chi connectivity index (χ1) is 6.31. The SMILES string of the molecule is COCc1nc(N)c2[nH]ncc2n1. The predicted octanol–water partition coefficient (Wildman–Crippen LogP) is 0.0815. The Morgan fingerprint density at radius 2 is 2.38 bits per heavy atom. The van der Waals surface area contributed by atoms with Crippen molar-refractivity contribution in [3.05, 3.63) is 12.0 Å². The van der Waals surface area contributed by atoms with Crippen molar-refractivity contribution >= 4 is 16.9 Å². The molecule has 2 rings (SSSR count). The van der Waals surface area contributed by atoms with Crippen LogP contribution in [-0.4, -0.2) is 27.3 Å². The Balaban J connectivity index is 2.56. The number of fused-ring (bicyclic) bond motifs is 1. The topological polar surface area (TPSA) is 89.7 Å². The molecular formula is C7H9N5O. The highest BCUT2D eigenvalue weighted by Crippen LogP contribution is 2.13. The van der Waals surface area contributed by atoms with E-state index in [1.165, 1.54) is 0 Å². The molecule has 0 aromatic carbocycles. The highest BCUT2D eigenvalue weighted by atomic mass is 16.5. The lowest BCUT2D eigenvalue weighted by atomic mass is 10.4. The first kappa shape index (κ1) is 7.93. The zero-order valence-corrected chi connectivity index (χ0v) is 7.11. The van der Waals surface area contributed by atoms with Gasteiger partial charge in [0.15, 0.2) is 11.6 Å². The number of hydrogen-bond donors (Lipinski definition) is 2. The number of aromatic amines is 1. The van der Waals surface area contributed by atoms with E-state index in [1.807, 2.05) is 0 Å². The molecule has 6 heteroatoms. The molecule has 0 aliphatic heterocycles. The molecule has 0 aliphatic rings. The number of aromatic nitrogens is 4. The average Bonchev–Trinajstić information content (AvgIpc) is 2.53. The number of H-pyrrole nitrogens is 1. The molecule has 3 N–H and O–H groups in total. The van der Waals surface area contributed by atoms with Crippen LogP contribution < -0.4 is 5.73 Å². The molecule has 6 nitrogen and oxygen atoms in total. The van der Waals surface area contributed by atoms with Gasteiger partial charge in [0, 0.05) is 7.11 Å². The summed E-state index contributed by atoms with van der Waals surface area (Å²) in [5, 5.41) is 6.53. The molecule has 0 saturated heterocycles. The fourth-order valence-corrected chi connectivity index (χ4v) is 1.11. The van der Waals surface area contributed by atoms with Crippen molar-refractivity contribution in [2.45, 2.75) is 6.61 Å². The van der Waals surface area contributed by atoms with Crippen LogP contribution in [0.1, 0.15) is 5.82 Å². The molecule has 0 amide bonds. The number of nitrogens with one attached hydrogen (secondary N) is 1. The van der Waals surface area contributed by atoms with Crippen molar-refractivity contribution in [1.82, 2.24) is 20.2 Å². The highest BCUT2D eigenvalue weighted by Gasteiger charge is 2.05. The van der Waals surface area contributed by atoms with Gasteiger partial charge >= 0.3 is 0 Å². The van der Waals surface area contributed by atoms with Crippen LogP contribution in [0.3, 0.4) is 0 Å². The van der Waals surface area contributed by atoms with Gasteiger partial charge in [0.05, 0.1) is 6.20 Å². The van der Waals surface area contributed by atoms with Gasteiger partial charge in [-0.1, -0.05) is 0 Å². The van der Waals surface area contributed by atoms with E-state index in [0.717, 1.165) is 0 Å². The smallest absolute Gasteiger partial charge is 0.157 e. The quantitative estimate of drug-likeness (QED) is 0.681. The summed E-state index contributed by atoms with van der Waals surface area (Å²) in [5.74, 6) is 0.962. The third kappa shape index (κ3) is 1.31. The van der Waals surface area contributed by atoms with Gasteiger partial charge in [0.1, 0.15) is 17.6 Å². The van der Waals surface area contributed by atoms with Crippen LogP contribution in [0.25, 0.3) is 11.0 Å². The molecule has 2 heterocycles. The molecular weight excluding hydrogens is 170 g/mol. The van der Waals surface area contributed by atoms with Crippen LogP contribution in [0.4, 0.5) is 5.82 Å². The largest absolute Gasteiger partial charge is 0.382 e. The Labute approximate surface area is 74.1 Å². The van der Waals surface area contributed by atoms with Crippen LogP contribution in [0.15, 0.2) is 6.20 Å². The van der Waals surface area contributed by atoms with E-state index >= 15 is 0 Å².